The third kappa shape index (κ3) is 4.90. The molecule has 110 valence electrons. The number of unbranched alkanes of at least 4 members (excludes halogenated alkanes) is 1. The highest BCUT2D eigenvalue weighted by molar-refractivity contribution is 5.94. The van der Waals surface area contributed by atoms with Crippen LogP contribution in [-0.4, -0.2) is 50.2 Å². The van der Waals surface area contributed by atoms with Crippen LogP contribution in [0.5, 0.6) is 0 Å². The molecule has 20 heavy (non-hydrogen) atoms. The van der Waals surface area contributed by atoms with Crippen LogP contribution >= 0.6 is 0 Å². The van der Waals surface area contributed by atoms with Crippen molar-refractivity contribution in [3.05, 3.63) is 35.6 Å². The van der Waals surface area contributed by atoms with Crippen molar-refractivity contribution in [1.29, 1.82) is 0 Å². The highest BCUT2D eigenvalue weighted by atomic mass is 19.1. The van der Waals surface area contributed by atoms with Gasteiger partial charge in [0.2, 0.25) is 0 Å². The molecule has 0 saturated carbocycles. The zero-order valence-corrected chi connectivity index (χ0v) is 11.6. The molecule has 1 aromatic rings. The van der Waals surface area contributed by atoms with Gasteiger partial charge in [-0.1, -0.05) is 6.07 Å². The van der Waals surface area contributed by atoms with Gasteiger partial charge < -0.3 is 10.1 Å². The van der Waals surface area contributed by atoms with Crippen molar-refractivity contribution in [3.8, 4) is 0 Å². The van der Waals surface area contributed by atoms with Gasteiger partial charge in [-0.25, -0.2) is 4.39 Å². The quantitative estimate of drug-likeness (QED) is 0.806. The fourth-order valence-corrected chi connectivity index (χ4v) is 2.22. The van der Waals surface area contributed by atoms with Crippen molar-refractivity contribution in [2.45, 2.75) is 12.8 Å². The highest BCUT2D eigenvalue weighted by Crippen LogP contribution is 2.03. The Morgan fingerprint density at radius 2 is 2.10 bits per heavy atom. The number of benzene rings is 1. The predicted octanol–water partition coefficient (Wildman–Crippen LogP) is 1.67. The Hall–Kier alpha value is -1.46. The molecule has 0 aliphatic carbocycles. The molecule has 0 spiro atoms. The van der Waals surface area contributed by atoms with E-state index in [2.05, 4.69) is 10.2 Å². The minimum Gasteiger partial charge on any atom is -0.379 e. The molecule has 1 aliphatic rings. The summed E-state index contributed by atoms with van der Waals surface area (Å²) in [6, 6.07) is 5.75. The summed E-state index contributed by atoms with van der Waals surface area (Å²) < 4.78 is 18.3. The lowest BCUT2D eigenvalue weighted by atomic mass is 10.2. The van der Waals surface area contributed by atoms with E-state index < -0.39 is 0 Å². The van der Waals surface area contributed by atoms with Crippen molar-refractivity contribution in [2.75, 3.05) is 39.4 Å². The smallest absolute Gasteiger partial charge is 0.251 e. The predicted molar refractivity (Wildman–Crippen MR) is 75.2 cm³/mol. The zero-order valence-electron chi connectivity index (χ0n) is 11.6. The van der Waals surface area contributed by atoms with Crippen LogP contribution in [0.3, 0.4) is 0 Å². The van der Waals surface area contributed by atoms with Gasteiger partial charge in [-0.2, -0.15) is 0 Å². The van der Waals surface area contributed by atoms with Gasteiger partial charge in [0.15, 0.2) is 0 Å². The second-order valence-corrected chi connectivity index (χ2v) is 4.93. The number of nitrogens with zero attached hydrogens (tertiary/aromatic N) is 1. The average Bonchev–Trinajstić information content (AvgIpc) is 2.48. The molecule has 1 aliphatic heterocycles. The van der Waals surface area contributed by atoms with Crippen LogP contribution in [0.2, 0.25) is 0 Å². The molecule has 1 amide bonds. The maximum absolute atomic E-state index is 13.0. The molecule has 0 bridgehead atoms. The van der Waals surface area contributed by atoms with E-state index in [9.17, 15) is 9.18 Å². The number of halogens is 1. The molecule has 1 N–H and O–H groups in total. The van der Waals surface area contributed by atoms with E-state index in [1.807, 2.05) is 0 Å². The summed E-state index contributed by atoms with van der Waals surface area (Å²) in [6.45, 7) is 5.29. The summed E-state index contributed by atoms with van der Waals surface area (Å²) >= 11 is 0. The monoisotopic (exact) mass is 280 g/mol. The summed E-state index contributed by atoms with van der Waals surface area (Å²) in [5, 5.41) is 2.82. The number of rotatable bonds is 6. The van der Waals surface area contributed by atoms with Crippen molar-refractivity contribution >= 4 is 5.91 Å². The standard InChI is InChI=1S/C15H21FN2O2/c16-14-5-3-4-13(12-14)15(19)17-6-1-2-7-18-8-10-20-11-9-18/h3-5,12H,1-2,6-11H2,(H,17,19). The van der Waals surface area contributed by atoms with E-state index in [1.54, 1.807) is 12.1 Å². The molecule has 0 atom stereocenters. The third-order valence-electron chi connectivity index (χ3n) is 3.38. The number of hydrogen-bond donors (Lipinski definition) is 1. The summed E-state index contributed by atoms with van der Waals surface area (Å²) in [5.74, 6) is -0.596. The molecule has 5 heteroatoms. The Labute approximate surface area is 118 Å². The first-order valence-electron chi connectivity index (χ1n) is 7.09. The SMILES string of the molecule is O=C(NCCCCN1CCOCC1)c1cccc(F)c1. The van der Waals surface area contributed by atoms with E-state index in [1.165, 1.54) is 12.1 Å². The molecule has 2 rings (SSSR count). The Morgan fingerprint density at radius 3 is 2.85 bits per heavy atom. The van der Waals surface area contributed by atoms with Crippen LogP contribution in [0.4, 0.5) is 4.39 Å². The van der Waals surface area contributed by atoms with Crippen LogP contribution in [0, 0.1) is 5.82 Å². The Morgan fingerprint density at radius 1 is 1.30 bits per heavy atom. The number of nitrogens with one attached hydrogen (secondary N) is 1. The van der Waals surface area contributed by atoms with Crippen LogP contribution in [0.1, 0.15) is 23.2 Å². The van der Waals surface area contributed by atoms with Gasteiger partial charge >= 0.3 is 0 Å². The van der Waals surface area contributed by atoms with Crippen molar-refractivity contribution in [2.24, 2.45) is 0 Å². The fourth-order valence-electron chi connectivity index (χ4n) is 2.22. The molecule has 1 heterocycles. The topological polar surface area (TPSA) is 41.6 Å². The van der Waals surface area contributed by atoms with Crippen LogP contribution < -0.4 is 5.32 Å². The number of hydrogen-bond acceptors (Lipinski definition) is 3. The summed E-state index contributed by atoms with van der Waals surface area (Å²) in [6.07, 6.45) is 1.97. The van der Waals surface area contributed by atoms with Gasteiger partial charge in [0.25, 0.3) is 5.91 Å². The van der Waals surface area contributed by atoms with Gasteiger partial charge in [0, 0.05) is 25.2 Å². The largest absolute Gasteiger partial charge is 0.379 e. The second-order valence-electron chi connectivity index (χ2n) is 4.93. The molecular formula is C15H21FN2O2. The minimum atomic E-state index is -0.384. The molecule has 0 unspecified atom stereocenters. The molecule has 4 nitrogen and oxygen atoms in total. The number of morpholine rings is 1. The third-order valence-corrected chi connectivity index (χ3v) is 3.38. The van der Waals surface area contributed by atoms with Crippen LogP contribution in [0.15, 0.2) is 24.3 Å². The summed E-state index contributed by atoms with van der Waals surface area (Å²) in [7, 11) is 0. The maximum Gasteiger partial charge on any atom is 0.251 e. The lowest BCUT2D eigenvalue weighted by Crippen LogP contribution is -2.37. The second kappa shape index (κ2) is 7.97. The van der Waals surface area contributed by atoms with Gasteiger partial charge in [-0.15, -0.1) is 0 Å². The van der Waals surface area contributed by atoms with E-state index in [0.717, 1.165) is 45.7 Å². The van der Waals surface area contributed by atoms with E-state index in [4.69, 9.17) is 4.74 Å². The number of amides is 1. The van der Waals surface area contributed by atoms with Crippen molar-refractivity contribution in [1.82, 2.24) is 10.2 Å². The minimum absolute atomic E-state index is 0.212. The maximum atomic E-state index is 13.0. The van der Waals surface area contributed by atoms with Crippen molar-refractivity contribution in [3.63, 3.8) is 0 Å². The molecule has 1 aromatic carbocycles. The molecule has 1 fully saturated rings. The van der Waals surface area contributed by atoms with E-state index in [0.29, 0.717) is 12.1 Å². The normalized spacial score (nSPS) is 16.1. The number of ether oxygens (including phenoxy) is 1. The molecule has 0 aromatic heterocycles. The Bertz CT molecular complexity index is 434. The average molecular weight is 280 g/mol. The first-order chi connectivity index (χ1) is 9.75. The Balaban J connectivity index is 1.59. The van der Waals surface area contributed by atoms with Gasteiger partial charge in [-0.3, -0.25) is 9.69 Å². The first-order valence-corrected chi connectivity index (χ1v) is 7.09. The van der Waals surface area contributed by atoms with Gasteiger partial charge in [-0.05, 0) is 37.6 Å². The summed E-state index contributed by atoms with van der Waals surface area (Å²) in [4.78, 5) is 14.1. The molecular weight excluding hydrogens is 259 g/mol. The lowest BCUT2D eigenvalue weighted by Gasteiger charge is -2.26. The number of carbonyl (C=O) groups is 1. The van der Waals surface area contributed by atoms with Crippen LogP contribution in [0.25, 0.3) is 0 Å². The zero-order chi connectivity index (χ0) is 14.2. The lowest BCUT2D eigenvalue weighted by molar-refractivity contribution is 0.0372. The number of carbonyl (C=O) groups excluding carboxylic acids is 1. The highest BCUT2D eigenvalue weighted by Gasteiger charge is 2.09. The van der Waals surface area contributed by atoms with Crippen molar-refractivity contribution < 1.29 is 13.9 Å². The Kier molecular flexibility index (Phi) is 5.95. The van der Waals surface area contributed by atoms with Crippen LogP contribution in [-0.2, 0) is 4.74 Å². The van der Waals surface area contributed by atoms with Gasteiger partial charge in [0.05, 0.1) is 13.2 Å². The first kappa shape index (κ1) is 14.9. The van der Waals surface area contributed by atoms with E-state index in [-0.39, 0.29) is 11.7 Å². The van der Waals surface area contributed by atoms with Gasteiger partial charge in [0.1, 0.15) is 5.82 Å². The molecule has 1 saturated heterocycles. The molecule has 0 radical (unpaired) electrons. The van der Waals surface area contributed by atoms with E-state index >= 15 is 0 Å². The summed E-state index contributed by atoms with van der Waals surface area (Å²) in [5.41, 5.74) is 0.373. The fraction of sp³-hybridized carbons (Fsp3) is 0.533.